The molecule has 0 N–H and O–H groups in total. The van der Waals surface area contributed by atoms with Crippen molar-refractivity contribution in [3.8, 4) is 0 Å². The Hall–Kier alpha value is -2.68. The van der Waals surface area contributed by atoms with Crippen molar-refractivity contribution in [3.05, 3.63) is 65.0 Å². The maximum Gasteiger partial charge on any atom is 0.262 e. The van der Waals surface area contributed by atoms with Crippen molar-refractivity contribution in [2.45, 2.75) is 30.3 Å². The molecule has 3 aromatic rings. The number of thioether (sulfide) groups is 1. The minimum Gasteiger partial charge on any atom is -0.379 e. The Morgan fingerprint density at radius 1 is 1.09 bits per heavy atom. The highest BCUT2D eigenvalue weighted by molar-refractivity contribution is 8.00. The third-order valence-electron chi connectivity index (χ3n) is 5.89. The highest BCUT2D eigenvalue weighted by Gasteiger charge is 2.23. The minimum absolute atomic E-state index is 0.0338. The summed E-state index contributed by atoms with van der Waals surface area (Å²) in [7, 11) is 1.78. The Kier molecular flexibility index (Phi) is 7.80. The van der Waals surface area contributed by atoms with Gasteiger partial charge in [0.1, 0.15) is 0 Å². The van der Waals surface area contributed by atoms with E-state index < -0.39 is 5.25 Å². The topological polar surface area (TPSA) is 67.7 Å². The molecular weight excluding hydrogens is 436 g/mol. The molecule has 4 rings (SSSR count). The van der Waals surface area contributed by atoms with Gasteiger partial charge in [-0.05, 0) is 37.6 Å². The van der Waals surface area contributed by atoms with E-state index in [2.05, 4.69) is 4.90 Å². The molecule has 0 saturated carbocycles. The van der Waals surface area contributed by atoms with E-state index in [-0.39, 0.29) is 11.5 Å². The first-order valence-corrected chi connectivity index (χ1v) is 12.2. The lowest BCUT2D eigenvalue weighted by Gasteiger charge is -2.26. The summed E-state index contributed by atoms with van der Waals surface area (Å²) in [5, 5.41) is 0.797. The third kappa shape index (κ3) is 5.63. The van der Waals surface area contributed by atoms with Gasteiger partial charge < -0.3 is 9.64 Å². The molecule has 1 fully saturated rings. The molecule has 0 spiro atoms. The number of amides is 1. The largest absolute Gasteiger partial charge is 0.379 e. The van der Waals surface area contributed by atoms with Gasteiger partial charge in [0.15, 0.2) is 5.16 Å². The van der Waals surface area contributed by atoms with Crippen LogP contribution in [0.25, 0.3) is 10.9 Å². The van der Waals surface area contributed by atoms with Crippen LogP contribution in [0.15, 0.2) is 64.5 Å². The number of carbonyl (C=O) groups excluding carboxylic acids is 1. The number of anilines is 1. The number of rotatable bonds is 8. The van der Waals surface area contributed by atoms with E-state index in [1.807, 2.05) is 61.5 Å². The zero-order chi connectivity index (χ0) is 23.2. The summed E-state index contributed by atoms with van der Waals surface area (Å²) >= 11 is 1.34. The van der Waals surface area contributed by atoms with Crippen molar-refractivity contribution in [1.29, 1.82) is 0 Å². The molecule has 0 bridgehead atoms. The van der Waals surface area contributed by atoms with E-state index in [0.717, 1.165) is 45.0 Å². The molecule has 174 valence electrons. The van der Waals surface area contributed by atoms with E-state index in [9.17, 15) is 9.59 Å². The van der Waals surface area contributed by atoms with Crippen LogP contribution in [0.5, 0.6) is 0 Å². The molecule has 1 aliphatic heterocycles. The van der Waals surface area contributed by atoms with Gasteiger partial charge >= 0.3 is 0 Å². The molecule has 7 nitrogen and oxygen atoms in total. The standard InChI is InChI=1S/C25H30N4O3S/c1-19(23(30)27(2)20-9-4-3-5-10-20)33-25-26-22-12-7-6-11-21(22)24(31)29(25)14-8-13-28-15-17-32-18-16-28/h3-7,9-12,19H,8,13-18H2,1-2H3/t19-/m0/s1. The lowest BCUT2D eigenvalue weighted by molar-refractivity contribution is -0.117. The number of ether oxygens (including phenoxy) is 1. The van der Waals surface area contributed by atoms with Gasteiger partial charge in [-0.25, -0.2) is 4.98 Å². The lowest BCUT2D eigenvalue weighted by Crippen LogP contribution is -2.37. The molecule has 2 aromatic carbocycles. The number of carbonyl (C=O) groups is 1. The van der Waals surface area contributed by atoms with Crippen molar-refractivity contribution < 1.29 is 9.53 Å². The zero-order valence-corrected chi connectivity index (χ0v) is 20.0. The Labute approximate surface area is 198 Å². The zero-order valence-electron chi connectivity index (χ0n) is 19.1. The fourth-order valence-electron chi connectivity index (χ4n) is 3.97. The first kappa shape index (κ1) is 23.5. The summed E-state index contributed by atoms with van der Waals surface area (Å²) < 4.78 is 7.16. The van der Waals surface area contributed by atoms with Crippen molar-refractivity contribution in [3.63, 3.8) is 0 Å². The van der Waals surface area contributed by atoms with Crippen LogP contribution in [0, 0.1) is 0 Å². The molecule has 1 atom stereocenters. The van der Waals surface area contributed by atoms with E-state index in [1.165, 1.54) is 11.8 Å². The fourth-order valence-corrected chi connectivity index (χ4v) is 5.00. The number of hydrogen-bond acceptors (Lipinski definition) is 6. The average Bonchev–Trinajstić information content (AvgIpc) is 2.86. The predicted octanol–water partition coefficient (Wildman–Crippen LogP) is 3.26. The van der Waals surface area contributed by atoms with Gasteiger partial charge in [-0.15, -0.1) is 0 Å². The third-order valence-corrected chi connectivity index (χ3v) is 6.97. The number of fused-ring (bicyclic) bond motifs is 1. The second kappa shape index (κ2) is 11.0. The lowest BCUT2D eigenvalue weighted by atomic mass is 10.2. The first-order chi connectivity index (χ1) is 16.0. The number of aromatic nitrogens is 2. The van der Waals surface area contributed by atoms with E-state index in [4.69, 9.17) is 9.72 Å². The fraction of sp³-hybridized carbons (Fsp3) is 0.400. The Bertz CT molecular complexity index is 1150. The summed E-state index contributed by atoms with van der Waals surface area (Å²) in [6.07, 6.45) is 0.833. The smallest absolute Gasteiger partial charge is 0.262 e. The highest BCUT2D eigenvalue weighted by Crippen LogP contribution is 2.25. The summed E-state index contributed by atoms with van der Waals surface area (Å²) in [4.78, 5) is 35.2. The van der Waals surface area contributed by atoms with Crippen molar-refractivity contribution in [1.82, 2.24) is 14.5 Å². The van der Waals surface area contributed by atoms with Crippen molar-refractivity contribution >= 4 is 34.3 Å². The van der Waals surface area contributed by atoms with Crippen molar-refractivity contribution in [2.75, 3.05) is 44.8 Å². The van der Waals surface area contributed by atoms with Gasteiger partial charge in [0.05, 0.1) is 29.4 Å². The molecule has 1 aliphatic rings. The SMILES string of the molecule is C[C@H](Sc1nc2ccccc2c(=O)n1CCCN1CCOCC1)C(=O)N(C)c1ccccc1. The average molecular weight is 467 g/mol. The van der Waals surface area contributed by atoms with Gasteiger partial charge in [-0.2, -0.15) is 0 Å². The van der Waals surface area contributed by atoms with Gasteiger partial charge in [0.25, 0.3) is 5.56 Å². The second-order valence-electron chi connectivity index (χ2n) is 8.17. The Balaban J connectivity index is 1.55. The highest BCUT2D eigenvalue weighted by atomic mass is 32.2. The van der Waals surface area contributed by atoms with Crippen LogP contribution in [0.2, 0.25) is 0 Å². The number of para-hydroxylation sites is 2. The van der Waals surface area contributed by atoms with Crippen LogP contribution in [-0.2, 0) is 16.1 Å². The molecule has 0 unspecified atom stereocenters. The molecule has 1 saturated heterocycles. The van der Waals surface area contributed by atoms with Crippen LogP contribution >= 0.6 is 11.8 Å². The van der Waals surface area contributed by atoms with Crippen LogP contribution in [-0.4, -0.2) is 65.5 Å². The molecule has 2 heterocycles. The van der Waals surface area contributed by atoms with Crippen LogP contribution < -0.4 is 10.5 Å². The summed E-state index contributed by atoms with van der Waals surface area (Å²) in [5.41, 5.74) is 1.44. The maximum absolute atomic E-state index is 13.3. The molecule has 0 radical (unpaired) electrons. The Morgan fingerprint density at radius 2 is 1.79 bits per heavy atom. The van der Waals surface area contributed by atoms with Crippen LogP contribution in [0.3, 0.4) is 0 Å². The van der Waals surface area contributed by atoms with Gasteiger partial charge in [0.2, 0.25) is 5.91 Å². The van der Waals surface area contributed by atoms with Crippen LogP contribution in [0.1, 0.15) is 13.3 Å². The van der Waals surface area contributed by atoms with Gasteiger partial charge in [-0.3, -0.25) is 19.1 Å². The predicted molar refractivity (Wildman–Crippen MR) is 133 cm³/mol. The molecule has 0 aliphatic carbocycles. The quantitative estimate of drug-likeness (QED) is 0.375. The molecule has 1 amide bonds. The minimum atomic E-state index is -0.395. The number of morpholine rings is 1. The summed E-state index contributed by atoms with van der Waals surface area (Å²) in [6, 6.07) is 17.0. The molecule has 33 heavy (non-hydrogen) atoms. The van der Waals surface area contributed by atoms with Gasteiger partial charge in [-0.1, -0.05) is 42.1 Å². The van der Waals surface area contributed by atoms with E-state index in [0.29, 0.717) is 22.6 Å². The number of nitrogens with zero attached hydrogens (tertiary/aromatic N) is 4. The second-order valence-corrected chi connectivity index (χ2v) is 9.48. The van der Waals surface area contributed by atoms with Gasteiger partial charge in [0, 0.05) is 38.9 Å². The summed E-state index contributed by atoms with van der Waals surface area (Å²) in [5.74, 6) is -0.0338. The van der Waals surface area contributed by atoms with E-state index in [1.54, 1.807) is 16.5 Å². The number of hydrogen-bond donors (Lipinski definition) is 0. The summed E-state index contributed by atoms with van der Waals surface area (Å²) in [6.45, 7) is 6.68. The molecular formula is C25H30N4O3S. The maximum atomic E-state index is 13.3. The first-order valence-electron chi connectivity index (χ1n) is 11.3. The molecule has 1 aromatic heterocycles. The van der Waals surface area contributed by atoms with E-state index >= 15 is 0 Å². The van der Waals surface area contributed by atoms with Crippen LogP contribution in [0.4, 0.5) is 5.69 Å². The monoisotopic (exact) mass is 466 g/mol. The normalized spacial score (nSPS) is 15.5. The molecule has 8 heteroatoms. The van der Waals surface area contributed by atoms with Crippen molar-refractivity contribution in [2.24, 2.45) is 0 Å². The number of benzene rings is 2. The Morgan fingerprint density at radius 3 is 2.55 bits per heavy atom.